The molecule has 0 saturated heterocycles. The lowest BCUT2D eigenvalue weighted by molar-refractivity contribution is -0.149. The van der Waals surface area contributed by atoms with Gasteiger partial charge in [-0.25, -0.2) is 0 Å². The van der Waals surface area contributed by atoms with Crippen molar-refractivity contribution in [2.75, 3.05) is 13.6 Å². The predicted molar refractivity (Wildman–Crippen MR) is 60.8 cm³/mol. The standard InChI is InChI=1S/C12H17NO3/c1-3-8-13(2)11(14)9-6-4-5-7-10(9)12(15)16/h3-5,9-10H,1,6-8H2,2H3,(H,15,16). The maximum atomic E-state index is 12.0. The molecule has 0 aromatic carbocycles. The fourth-order valence-electron chi connectivity index (χ4n) is 1.93. The van der Waals surface area contributed by atoms with Crippen LogP contribution in [0.25, 0.3) is 0 Å². The molecule has 88 valence electrons. The van der Waals surface area contributed by atoms with Crippen molar-refractivity contribution in [3.8, 4) is 0 Å². The summed E-state index contributed by atoms with van der Waals surface area (Å²) in [5.74, 6) is -2.04. The van der Waals surface area contributed by atoms with Crippen molar-refractivity contribution < 1.29 is 14.7 Å². The minimum Gasteiger partial charge on any atom is -0.481 e. The van der Waals surface area contributed by atoms with E-state index in [0.29, 0.717) is 19.4 Å². The molecule has 16 heavy (non-hydrogen) atoms. The van der Waals surface area contributed by atoms with Gasteiger partial charge in [-0.2, -0.15) is 0 Å². The molecule has 2 atom stereocenters. The zero-order chi connectivity index (χ0) is 12.1. The van der Waals surface area contributed by atoms with Gasteiger partial charge >= 0.3 is 5.97 Å². The summed E-state index contributed by atoms with van der Waals surface area (Å²) in [7, 11) is 1.67. The van der Waals surface area contributed by atoms with Crippen LogP contribution in [0.5, 0.6) is 0 Å². The van der Waals surface area contributed by atoms with E-state index in [-0.39, 0.29) is 5.91 Å². The summed E-state index contributed by atoms with van der Waals surface area (Å²) in [6.07, 6.45) is 6.29. The SMILES string of the molecule is C=CCN(C)C(=O)C1CC=CCC1C(=O)O. The summed E-state index contributed by atoms with van der Waals surface area (Å²) < 4.78 is 0. The van der Waals surface area contributed by atoms with Crippen molar-refractivity contribution in [2.24, 2.45) is 11.8 Å². The summed E-state index contributed by atoms with van der Waals surface area (Å²) in [5.41, 5.74) is 0. The molecule has 1 rings (SSSR count). The van der Waals surface area contributed by atoms with Crippen LogP contribution in [0.15, 0.2) is 24.8 Å². The molecule has 4 heteroatoms. The van der Waals surface area contributed by atoms with Crippen LogP contribution in [0.1, 0.15) is 12.8 Å². The first kappa shape index (κ1) is 12.5. The van der Waals surface area contributed by atoms with Crippen molar-refractivity contribution in [3.63, 3.8) is 0 Å². The fraction of sp³-hybridized carbons (Fsp3) is 0.500. The van der Waals surface area contributed by atoms with Gasteiger partial charge in [-0.05, 0) is 12.8 Å². The number of hydrogen-bond acceptors (Lipinski definition) is 2. The van der Waals surface area contributed by atoms with Crippen molar-refractivity contribution in [2.45, 2.75) is 12.8 Å². The van der Waals surface area contributed by atoms with Gasteiger partial charge in [0.05, 0.1) is 11.8 Å². The van der Waals surface area contributed by atoms with E-state index in [2.05, 4.69) is 6.58 Å². The molecule has 0 heterocycles. The average molecular weight is 223 g/mol. The molecule has 1 aliphatic carbocycles. The summed E-state index contributed by atoms with van der Waals surface area (Å²) in [5, 5.41) is 9.04. The molecule has 1 N–H and O–H groups in total. The first-order chi connectivity index (χ1) is 7.57. The van der Waals surface area contributed by atoms with Gasteiger partial charge in [-0.1, -0.05) is 18.2 Å². The topological polar surface area (TPSA) is 57.6 Å². The van der Waals surface area contributed by atoms with Crippen LogP contribution < -0.4 is 0 Å². The Bertz CT molecular complexity index is 322. The molecule has 1 amide bonds. The van der Waals surface area contributed by atoms with Gasteiger partial charge in [0.25, 0.3) is 0 Å². The van der Waals surface area contributed by atoms with Crippen LogP contribution in [0.2, 0.25) is 0 Å². The molecule has 2 unspecified atom stereocenters. The highest BCUT2D eigenvalue weighted by Crippen LogP contribution is 2.27. The Kier molecular flexibility index (Phi) is 4.28. The number of carboxylic acids is 1. The number of carbonyl (C=O) groups is 2. The van der Waals surface area contributed by atoms with Crippen LogP contribution in [0.4, 0.5) is 0 Å². The van der Waals surface area contributed by atoms with Crippen molar-refractivity contribution in [1.82, 2.24) is 4.90 Å². The molecule has 0 aliphatic heterocycles. The Morgan fingerprint density at radius 2 is 2.00 bits per heavy atom. The number of carbonyl (C=O) groups excluding carboxylic acids is 1. The minimum absolute atomic E-state index is 0.114. The third-order valence-corrected chi connectivity index (χ3v) is 2.85. The molecule has 0 bridgehead atoms. The molecule has 0 spiro atoms. The van der Waals surface area contributed by atoms with Gasteiger partial charge in [-0.3, -0.25) is 9.59 Å². The van der Waals surface area contributed by atoms with Crippen LogP contribution in [0.3, 0.4) is 0 Å². The highest BCUT2D eigenvalue weighted by Gasteiger charge is 2.35. The molecule has 0 aromatic rings. The maximum absolute atomic E-state index is 12.0. The second-order valence-corrected chi connectivity index (χ2v) is 4.00. The average Bonchev–Trinajstić information content (AvgIpc) is 2.28. The lowest BCUT2D eigenvalue weighted by atomic mass is 9.82. The molecular formula is C12H17NO3. The first-order valence-corrected chi connectivity index (χ1v) is 5.31. The normalized spacial score (nSPS) is 23.8. The van der Waals surface area contributed by atoms with Gasteiger partial charge in [-0.15, -0.1) is 6.58 Å². The van der Waals surface area contributed by atoms with Crippen LogP contribution in [-0.4, -0.2) is 35.5 Å². The molecule has 0 fully saturated rings. The maximum Gasteiger partial charge on any atom is 0.307 e. The van der Waals surface area contributed by atoms with E-state index in [9.17, 15) is 9.59 Å². The summed E-state index contributed by atoms with van der Waals surface area (Å²) in [6.45, 7) is 4.01. The van der Waals surface area contributed by atoms with Crippen molar-refractivity contribution in [1.29, 1.82) is 0 Å². The van der Waals surface area contributed by atoms with Crippen LogP contribution in [-0.2, 0) is 9.59 Å². The lowest BCUT2D eigenvalue weighted by Crippen LogP contribution is -2.39. The second-order valence-electron chi connectivity index (χ2n) is 4.00. The fourth-order valence-corrected chi connectivity index (χ4v) is 1.93. The number of aliphatic carboxylic acids is 1. The number of carboxylic acid groups (broad SMARTS) is 1. The Morgan fingerprint density at radius 3 is 2.50 bits per heavy atom. The van der Waals surface area contributed by atoms with Gasteiger partial charge < -0.3 is 10.0 Å². The number of allylic oxidation sites excluding steroid dienone is 2. The number of nitrogens with zero attached hydrogens (tertiary/aromatic N) is 1. The van der Waals surface area contributed by atoms with Crippen molar-refractivity contribution in [3.05, 3.63) is 24.8 Å². The van der Waals surface area contributed by atoms with Gasteiger partial charge in [0.2, 0.25) is 5.91 Å². The molecule has 1 aliphatic rings. The number of likely N-dealkylation sites (N-methyl/N-ethyl adjacent to an activating group) is 1. The quantitative estimate of drug-likeness (QED) is 0.731. The Morgan fingerprint density at radius 1 is 1.44 bits per heavy atom. The largest absolute Gasteiger partial charge is 0.481 e. The Hall–Kier alpha value is -1.58. The second kappa shape index (κ2) is 5.49. The molecule has 0 radical (unpaired) electrons. The van der Waals surface area contributed by atoms with E-state index in [1.54, 1.807) is 13.1 Å². The van der Waals surface area contributed by atoms with Gasteiger partial charge in [0.15, 0.2) is 0 Å². The van der Waals surface area contributed by atoms with E-state index < -0.39 is 17.8 Å². The van der Waals surface area contributed by atoms with Gasteiger partial charge in [0.1, 0.15) is 0 Å². The van der Waals surface area contributed by atoms with Gasteiger partial charge in [0, 0.05) is 13.6 Å². The molecule has 0 aromatic heterocycles. The van der Waals surface area contributed by atoms with Crippen LogP contribution >= 0.6 is 0 Å². The first-order valence-electron chi connectivity index (χ1n) is 5.31. The molecule has 4 nitrogen and oxygen atoms in total. The zero-order valence-corrected chi connectivity index (χ0v) is 9.43. The smallest absolute Gasteiger partial charge is 0.307 e. The molecule has 0 saturated carbocycles. The van der Waals surface area contributed by atoms with Crippen molar-refractivity contribution >= 4 is 11.9 Å². The Labute approximate surface area is 95.2 Å². The monoisotopic (exact) mass is 223 g/mol. The number of amides is 1. The third kappa shape index (κ3) is 2.72. The van der Waals surface area contributed by atoms with E-state index in [0.717, 1.165) is 0 Å². The highest BCUT2D eigenvalue weighted by molar-refractivity contribution is 5.85. The minimum atomic E-state index is -0.894. The van der Waals surface area contributed by atoms with Crippen LogP contribution in [0, 0.1) is 11.8 Å². The van der Waals surface area contributed by atoms with E-state index in [1.807, 2.05) is 12.2 Å². The Balaban J connectivity index is 2.76. The highest BCUT2D eigenvalue weighted by atomic mass is 16.4. The lowest BCUT2D eigenvalue weighted by Gasteiger charge is -2.28. The summed E-state index contributed by atoms with van der Waals surface area (Å²) in [4.78, 5) is 24.5. The zero-order valence-electron chi connectivity index (χ0n) is 9.43. The third-order valence-electron chi connectivity index (χ3n) is 2.85. The van der Waals surface area contributed by atoms with E-state index in [4.69, 9.17) is 5.11 Å². The predicted octanol–water partition coefficient (Wildman–Crippen LogP) is 1.30. The van der Waals surface area contributed by atoms with E-state index >= 15 is 0 Å². The summed E-state index contributed by atoms with van der Waals surface area (Å²) >= 11 is 0. The number of rotatable bonds is 4. The summed E-state index contributed by atoms with van der Waals surface area (Å²) in [6, 6.07) is 0. The molecular weight excluding hydrogens is 206 g/mol. The number of hydrogen-bond donors (Lipinski definition) is 1. The van der Waals surface area contributed by atoms with E-state index in [1.165, 1.54) is 4.90 Å².